The summed E-state index contributed by atoms with van der Waals surface area (Å²) in [5, 5.41) is 11.9. The first-order valence-corrected chi connectivity index (χ1v) is 7.17. The molecule has 0 radical (unpaired) electrons. The van der Waals surface area contributed by atoms with E-state index in [1.54, 1.807) is 19.9 Å². The summed E-state index contributed by atoms with van der Waals surface area (Å²) in [6.07, 6.45) is 1.44. The Morgan fingerprint density at radius 1 is 1.19 bits per heavy atom. The molecule has 0 atom stereocenters. The van der Waals surface area contributed by atoms with E-state index in [0.29, 0.717) is 5.69 Å². The van der Waals surface area contributed by atoms with Gasteiger partial charge in [0.1, 0.15) is 4.88 Å². The summed E-state index contributed by atoms with van der Waals surface area (Å²) in [6.45, 7) is 3.61. The van der Waals surface area contributed by atoms with Crippen LogP contribution in [0.4, 0.5) is 5.69 Å². The zero-order valence-electron chi connectivity index (χ0n) is 11.7. The molecule has 1 aromatic carbocycles. The zero-order valence-corrected chi connectivity index (χ0v) is 12.5. The molecule has 5 heteroatoms. The number of benzene rings is 1. The van der Waals surface area contributed by atoms with Crippen LogP contribution < -0.4 is 5.32 Å². The van der Waals surface area contributed by atoms with Crippen LogP contribution in [0.2, 0.25) is 0 Å². The van der Waals surface area contributed by atoms with Gasteiger partial charge >= 0.3 is 5.97 Å². The second-order valence-electron chi connectivity index (χ2n) is 4.74. The van der Waals surface area contributed by atoms with Gasteiger partial charge in [-0.3, -0.25) is 4.79 Å². The van der Waals surface area contributed by atoms with Crippen LogP contribution in [0.3, 0.4) is 0 Å². The predicted molar refractivity (Wildman–Crippen MR) is 84.8 cm³/mol. The number of carboxylic acid groups (broad SMARTS) is 1. The van der Waals surface area contributed by atoms with Gasteiger partial charge in [0.05, 0.1) is 5.69 Å². The van der Waals surface area contributed by atoms with Gasteiger partial charge in [0.2, 0.25) is 5.91 Å². The molecular formula is C16H15NO3S. The molecule has 108 valence electrons. The number of anilines is 1. The molecule has 1 amide bonds. The lowest BCUT2D eigenvalue weighted by Gasteiger charge is -2.00. The van der Waals surface area contributed by atoms with E-state index in [1.807, 2.05) is 30.3 Å². The van der Waals surface area contributed by atoms with Crippen molar-refractivity contribution in [1.29, 1.82) is 0 Å². The van der Waals surface area contributed by atoms with Gasteiger partial charge in [-0.1, -0.05) is 35.9 Å². The number of aromatic carboxylic acids is 1. The van der Waals surface area contributed by atoms with Crippen LogP contribution in [-0.4, -0.2) is 17.0 Å². The van der Waals surface area contributed by atoms with E-state index in [4.69, 9.17) is 0 Å². The first-order valence-electron chi connectivity index (χ1n) is 6.36. The van der Waals surface area contributed by atoms with Gasteiger partial charge in [-0.05, 0) is 25.5 Å². The Morgan fingerprint density at radius 3 is 2.43 bits per heavy atom. The fraction of sp³-hybridized carbons (Fsp3) is 0.125. The van der Waals surface area contributed by atoms with Crippen LogP contribution in [-0.2, 0) is 4.79 Å². The van der Waals surface area contributed by atoms with Gasteiger partial charge < -0.3 is 10.4 Å². The van der Waals surface area contributed by atoms with Crippen molar-refractivity contribution in [2.75, 3.05) is 5.32 Å². The summed E-state index contributed by atoms with van der Waals surface area (Å²) in [5.41, 5.74) is 2.10. The van der Waals surface area contributed by atoms with Crippen molar-refractivity contribution in [2.45, 2.75) is 13.8 Å². The molecule has 0 saturated heterocycles. The predicted octanol–water partition coefficient (Wildman–Crippen LogP) is 4.02. The molecule has 1 aromatic heterocycles. The Kier molecular flexibility index (Phi) is 4.55. The van der Waals surface area contributed by atoms with E-state index in [9.17, 15) is 14.7 Å². The van der Waals surface area contributed by atoms with Gasteiger partial charge in [-0.25, -0.2) is 4.79 Å². The number of hydrogen-bond donors (Lipinski definition) is 2. The third kappa shape index (κ3) is 3.79. The van der Waals surface area contributed by atoms with Crippen LogP contribution in [0.5, 0.6) is 0 Å². The minimum Gasteiger partial charge on any atom is -0.477 e. The van der Waals surface area contributed by atoms with Crippen LogP contribution in [0.15, 0.2) is 48.0 Å². The Labute approximate surface area is 126 Å². The van der Waals surface area contributed by atoms with Crippen LogP contribution in [0.1, 0.15) is 23.5 Å². The maximum Gasteiger partial charge on any atom is 0.348 e. The third-order valence-corrected chi connectivity index (χ3v) is 3.83. The molecule has 1 heterocycles. The largest absolute Gasteiger partial charge is 0.477 e. The number of carbonyl (C=O) groups is 2. The molecule has 0 unspecified atom stereocenters. The molecule has 2 N–H and O–H groups in total. The quantitative estimate of drug-likeness (QED) is 0.838. The van der Waals surface area contributed by atoms with Crippen LogP contribution in [0.25, 0.3) is 10.4 Å². The lowest BCUT2D eigenvalue weighted by molar-refractivity contribution is -0.111. The SMILES string of the molecule is CC(C)=CC(=O)Nc1cc(-c2ccccc2)sc1C(=O)O. The summed E-state index contributed by atoms with van der Waals surface area (Å²) >= 11 is 1.15. The Morgan fingerprint density at radius 2 is 1.86 bits per heavy atom. The highest BCUT2D eigenvalue weighted by atomic mass is 32.1. The van der Waals surface area contributed by atoms with Gasteiger partial charge in [-0.2, -0.15) is 0 Å². The standard InChI is InChI=1S/C16H15NO3S/c1-10(2)8-14(18)17-12-9-13(21-15(12)16(19)20)11-6-4-3-5-7-11/h3-9H,1-2H3,(H,17,18)(H,19,20). The number of nitrogens with one attached hydrogen (secondary N) is 1. The molecular weight excluding hydrogens is 286 g/mol. The van der Waals surface area contributed by atoms with Crippen molar-refractivity contribution in [2.24, 2.45) is 0 Å². The summed E-state index contributed by atoms with van der Waals surface area (Å²) < 4.78 is 0. The van der Waals surface area contributed by atoms with E-state index in [0.717, 1.165) is 27.4 Å². The van der Waals surface area contributed by atoms with Crippen molar-refractivity contribution >= 4 is 28.9 Å². The Balaban J connectivity index is 2.37. The molecule has 0 bridgehead atoms. The normalized spacial score (nSPS) is 10.0. The minimum atomic E-state index is -1.05. The fourth-order valence-corrected chi connectivity index (χ4v) is 2.78. The average molecular weight is 301 g/mol. The summed E-state index contributed by atoms with van der Waals surface area (Å²) in [4.78, 5) is 24.0. The molecule has 2 rings (SSSR count). The lowest BCUT2D eigenvalue weighted by Crippen LogP contribution is -2.10. The highest BCUT2D eigenvalue weighted by molar-refractivity contribution is 7.18. The average Bonchev–Trinajstić information content (AvgIpc) is 2.82. The topological polar surface area (TPSA) is 66.4 Å². The molecule has 0 fully saturated rings. The van der Waals surface area contributed by atoms with E-state index < -0.39 is 5.97 Å². The number of thiophene rings is 1. The monoisotopic (exact) mass is 301 g/mol. The number of carbonyl (C=O) groups excluding carboxylic acids is 1. The molecule has 0 aliphatic carbocycles. The number of amides is 1. The van der Waals surface area contributed by atoms with Gasteiger partial charge in [0.15, 0.2) is 0 Å². The molecule has 0 saturated carbocycles. The van der Waals surface area contributed by atoms with Crippen molar-refractivity contribution in [3.05, 3.63) is 52.9 Å². The number of carboxylic acids is 1. The minimum absolute atomic E-state index is 0.129. The Bertz CT molecular complexity index is 698. The van der Waals surface area contributed by atoms with Crippen molar-refractivity contribution < 1.29 is 14.7 Å². The van der Waals surface area contributed by atoms with Gasteiger partial charge in [-0.15, -0.1) is 11.3 Å². The fourth-order valence-electron chi connectivity index (χ4n) is 1.82. The van der Waals surface area contributed by atoms with Crippen LogP contribution >= 0.6 is 11.3 Å². The lowest BCUT2D eigenvalue weighted by atomic mass is 10.2. The second-order valence-corrected chi connectivity index (χ2v) is 5.79. The van der Waals surface area contributed by atoms with Crippen molar-refractivity contribution in [1.82, 2.24) is 0 Å². The second kappa shape index (κ2) is 6.37. The van der Waals surface area contributed by atoms with E-state index >= 15 is 0 Å². The molecule has 0 aliphatic heterocycles. The first kappa shape index (κ1) is 15.0. The Hall–Kier alpha value is -2.40. The smallest absolute Gasteiger partial charge is 0.348 e. The number of hydrogen-bond acceptors (Lipinski definition) is 3. The highest BCUT2D eigenvalue weighted by Crippen LogP contribution is 2.34. The molecule has 0 aliphatic rings. The number of allylic oxidation sites excluding steroid dienone is 1. The van der Waals surface area contributed by atoms with E-state index in [-0.39, 0.29) is 10.8 Å². The van der Waals surface area contributed by atoms with E-state index in [2.05, 4.69) is 5.32 Å². The van der Waals surface area contributed by atoms with Gasteiger partial charge in [0, 0.05) is 11.0 Å². The van der Waals surface area contributed by atoms with Gasteiger partial charge in [0.25, 0.3) is 0 Å². The molecule has 2 aromatic rings. The summed E-state index contributed by atoms with van der Waals surface area (Å²) in [7, 11) is 0. The number of rotatable bonds is 4. The van der Waals surface area contributed by atoms with E-state index in [1.165, 1.54) is 6.08 Å². The highest BCUT2D eigenvalue weighted by Gasteiger charge is 2.17. The molecule has 21 heavy (non-hydrogen) atoms. The van der Waals surface area contributed by atoms with Crippen LogP contribution in [0, 0.1) is 0 Å². The van der Waals surface area contributed by atoms with Crippen molar-refractivity contribution in [3.63, 3.8) is 0 Å². The maximum absolute atomic E-state index is 11.8. The zero-order chi connectivity index (χ0) is 15.4. The molecule has 0 spiro atoms. The van der Waals surface area contributed by atoms with Crippen molar-refractivity contribution in [3.8, 4) is 10.4 Å². The maximum atomic E-state index is 11.8. The summed E-state index contributed by atoms with van der Waals surface area (Å²) in [6, 6.07) is 11.2. The third-order valence-electron chi connectivity index (χ3n) is 2.66. The molecule has 4 nitrogen and oxygen atoms in total. The summed E-state index contributed by atoms with van der Waals surface area (Å²) in [5.74, 6) is -1.37. The first-order chi connectivity index (χ1) is 9.97.